The van der Waals surface area contributed by atoms with Gasteiger partial charge in [0.1, 0.15) is 5.75 Å². The van der Waals surface area contributed by atoms with E-state index in [1.807, 2.05) is 6.92 Å². The van der Waals surface area contributed by atoms with Gasteiger partial charge >= 0.3 is 0 Å². The molecule has 0 spiro atoms. The summed E-state index contributed by atoms with van der Waals surface area (Å²) in [6.07, 6.45) is 0. The topological polar surface area (TPSA) is 61.3 Å². The van der Waals surface area contributed by atoms with Gasteiger partial charge in [0.05, 0.1) is 23.9 Å². The number of hydrogen-bond acceptors (Lipinski definition) is 4. The number of rotatable bonds is 1. The zero-order valence-electron chi connectivity index (χ0n) is 7.50. The lowest BCUT2D eigenvalue weighted by molar-refractivity contribution is 0.417. The second-order valence-electron chi connectivity index (χ2n) is 2.82. The van der Waals surface area contributed by atoms with Gasteiger partial charge in [-0.1, -0.05) is 5.16 Å². The molecule has 0 radical (unpaired) electrons. The van der Waals surface area contributed by atoms with E-state index in [0.717, 1.165) is 11.1 Å². The highest BCUT2D eigenvalue weighted by molar-refractivity contribution is 5.94. The molecule has 0 amide bonds. The first-order valence-electron chi connectivity index (χ1n) is 3.92. The molecule has 1 heterocycles. The van der Waals surface area contributed by atoms with E-state index in [0.29, 0.717) is 17.0 Å². The number of aromatic nitrogens is 1. The van der Waals surface area contributed by atoms with Crippen LogP contribution < -0.4 is 10.5 Å². The predicted octanol–water partition coefficient (Wildman–Crippen LogP) is 1.73. The fourth-order valence-corrected chi connectivity index (χ4v) is 1.37. The van der Waals surface area contributed by atoms with Crippen molar-refractivity contribution in [2.45, 2.75) is 6.92 Å². The Morgan fingerprint density at radius 3 is 2.92 bits per heavy atom. The van der Waals surface area contributed by atoms with Crippen molar-refractivity contribution in [1.29, 1.82) is 0 Å². The first-order valence-corrected chi connectivity index (χ1v) is 3.92. The van der Waals surface area contributed by atoms with Gasteiger partial charge in [0.2, 0.25) is 0 Å². The Hall–Kier alpha value is -1.71. The van der Waals surface area contributed by atoms with Crippen molar-refractivity contribution in [3.05, 3.63) is 17.8 Å². The fraction of sp³-hybridized carbons (Fsp3) is 0.222. The lowest BCUT2D eigenvalue weighted by atomic mass is 10.2. The van der Waals surface area contributed by atoms with E-state index < -0.39 is 0 Å². The fourth-order valence-electron chi connectivity index (χ4n) is 1.37. The Balaban J connectivity index is 2.83. The van der Waals surface area contributed by atoms with Crippen LogP contribution in [-0.2, 0) is 0 Å². The third-order valence-electron chi connectivity index (χ3n) is 2.03. The molecule has 2 rings (SSSR count). The molecule has 0 fully saturated rings. The Kier molecular flexibility index (Phi) is 1.62. The molecule has 0 atom stereocenters. The van der Waals surface area contributed by atoms with E-state index in [2.05, 4.69) is 5.16 Å². The summed E-state index contributed by atoms with van der Waals surface area (Å²) in [6, 6.07) is 3.56. The summed E-state index contributed by atoms with van der Waals surface area (Å²) < 4.78 is 10.1. The predicted molar refractivity (Wildman–Crippen MR) is 49.7 cm³/mol. The average molecular weight is 178 g/mol. The molecular formula is C9H10N2O2. The monoisotopic (exact) mass is 178 g/mol. The largest absolute Gasteiger partial charge is 0.495 e. The molecule has 4 nitrogen and oxygen atoms in total. The molecule has 0 unspecified atom stereocenters. The smallest absolute Gasteiger partial charge is 0.169 e. The summed E-state index contributed by atoms with van der Waals surface area (Å²) in [5, 5.41) is 4.65. The summed E-state index contributed by atoms with van der Waals surface area (Å²) >= 11 is 0. The zero-order chi connectivity index (χ0) is 9.42. The Morgan fingerprint density at radius 2 is 2.23 bits per heavy atom. The highest BCUT2D eigenvalue weighted by Gasteiger charge is 2.10. The molecule has 0 aliphatic rings. The molecule has 0 saturated heterocycles. The van der Waals surface area contributed by atoms with E-state index in [1.54, 1.807) is 19.2 Å². The molecule has 0 aliphatic carbocycles. The number of anilines is 1. The van der Waals surface area contributed by atoms with Crippen LogP contribution in [-0.4, -0.2) is 12.3 Å². The number of benzene rings is 1. The summed E-state index contributed by atoms with van der Waals surface area (Å²) in [5.74, 6) is 0.652. The van der Waals surface area contributed by atoms with Gasteiger partial charge in [0, 0.05) is 0 Å². The SMILES string of the molecule is COc1ccc2onc(C)c2c1N. The number of nitrogen functional groups attached to an aromatic ring is 1. The standard InChI is InChI=1S/C9H10N2O2/c1-5-8-6(13-11-5)3-4-7(12-2)9(8)10/h3-4H,10H2,1-2H3. The van der Waals surface area contributed by atoms with E-state index in [4.69, 9.17) is 15.0 Å². The lowest BCUT2D eigenvalue weighted by Gasteiger charge is -2.03. The van der Waals surface area contributed by atoms with Crippen LogP contribution >= 0.6 is 0 Å². The van der Waals surface area contributed by atoms with Crippen molar-refractivity contribution in [3.8, 4) is 5.75 Å². The van der Waals surface area contributed by atoms with Crippen molar-refractivity contribution >= 4 is 16.7 Å². The maximum absolute atomic E-state index is 5.85. The van der Waals surface area contributed by atoms with Crippen LogP contribution in [0.4, 0.5) is 5.69 Å². The van der Waals surface area contributed by atoms with Crippen molar-refractivity contribution in [1.82, 2.24) is 5.16 Å². The minimum atomic E-state index is 0.582. The minimum absolute atomic E-state index is 0.582. The van der Waals surface area contributed by atoms with Crippen LogP contribution in [0.3, 0.4) is 0 Å². The molecule has 68 valence electrons. The van der Waals surface area contributed by atoms with Gasteiger partial charge in [-0.25, -0.2) is 0 Å². The molecule has 1 aromatic carbocycles. The number of nitrogens with two attached hydrogens (primary N) is 1. The number of aryl methyl sites for hydroxylation is 1. The number of hydrogen-bond donors (Lipinski definition) is 1. The zero-order valence-corrected chi connectivity index (χ0v) is 7.50. The van der Waals surface area contributed by atoms with Gasteiger partial charge < -0.3 is 15.0 Å². The third kappa shape index (κ3) is 1.02. The maximum Gasteiger partial charge on any atom is 0.169 e. The third-order valence-corrected chi connectivity index (χ3v) is 2.03. The Bertz CT molecular complexity index is 448. The first-order chi connectivity index (χ1) is 6.24. The van der Waals surface area contributed by atoms with Crippen LogP contribution in [0.15, 0.2) is 16.7 Å². The van der Waals surface area contributed by atoms with Gasteiger partial charge in [0.15, 0.2) is 5.58 Å². The number of ether oxygens (including phenoxy) is 1. The van der Waals surface area contributed by atoms with Gasteiger partial charge in [-0.3, -0.25) is 0 Å². The molecular weight excluding hydrogens is 168 g/mol. The molecule has 4 heteroatoms. The lowest BCUT2D eigenvalue weighted by Crippen LogP contribution is -1.92. The van der Waals surface area contributed by atoms with Crippen LogP contribution in [0.25, 0.3) is 11.0 Å². The number of methoxy groups -OCH3 is 1. The summed E-state index contributed by atoms with van der Waals surface area (Å²) in [4.78, 5) is 0. The molecule has 0 saturated carbocycles. The van der Waals surface area contributed by atoms with Gasteiger partial charge in [-0.15, -0.1) is 0 Å². The summed E-state index contributed by atoms with van der Waals surface area (Å²) in [6.45, 7) is 1.85. The van der Waals surface area contributed by atoms with E-state index >= 15 is 0 Å². The molecule has 1 aromatic heterocycles. The molecule has 0 aliphatic heterocycles. The van der Waals surface area contributed by atoms with Crippen molar-refractivity contribution < 1.29 is 9.26 Å². The van der Waals surface area contributed by atoms with Crippen LogP contribution in [0.2, 0.25) is 0 Å². The Labute approximate surface area is 75.3 Å². The normalized spacial score (nSPS) is 10.6. The second kappa shape index (κ2) is 2.65. The number of fused-ring (bicyclic) bond motifs is 1. The minimum Gasteiger partial charge on any atom is -0.495 e. The number of nitrogens with zero attached hydrogens (tertiary/aromatic N) is 1. The van der Waals surface area contributed by atoms with Crippen LogP contribution in [0, 0.1) is 6.92 Å². The van der Waals surface area contributed by atoms with Crippen LogP contribution in [0.1, 0.15) is 5.69 Å². The van der Waals surface area contributed by atoms with Crippen molar-refractivity contribution in [3.63, 3.8) is 0 Å². The average Bonchev–Trinajstić information content (AvgIpc) is 2.49. The van der Waals surface area contributed by atoms with Crippen molar-refractivity contribution in [2.75, 3.05) is 12.8 Å². The molecule has 2 aromatic rings. The van der Waals surface area contributed by atoms with Gasteiger partial charge in [-0.2, -0.15) is 0 Å². The van der Waals surface area contributed by atoms with E-state index in [-0.39, 0.29) is 0 Å². The first kappa shape index (κ1) is 7.91. The second-order valence-corrected chi connectivity index (χ2v) is 2.82. The quantitative estimate of drug-likeness (QED) is 0.675. The summed E-state index contributed by atoms with van der Waals surface area (Å²) in [5.41, 5.74) is 7.91. The summed E-state index contributed by atoms with van der Waals surface area (Å²) in [7, 11) is 1.58. The van der Waals surface area contributed by atoms with E-state index in [9.17, 15) is 0 Å². The Morgan fingerprint density at radius 1 is 1.46 bits per heavy atom. The van der Waals surface area contributed by atoms with Crippen molar-refractivity contribution in [2.24, 2.45) is 0 Å². The molecule has 2 N–H and O–H groups in total. The van der Waals surface area contributed by atoms with E-state index in [1.165, 1.54) is 0 Å². The molecule has 0 bridgehead atoms. The molecule has 13 heavy (non-hydrogen) atoms. The van der Waals surface area contributed by atoms with Crippen LogP contribution in [0.5, 0.6) is 5.75 Å². The van der Waals surface area contributed by atoms with Gasteiger partial charge in [-0.05, 0) is 19.1 Å². The van der Waals surface area contributed by atoms with Gasteiger partial charge in [0.25, 0.3) is 0 Å². The highest BCUT2D eigenvalue weighted by Crippen LogP contribution is 2.32. The maximum atomic E-state index is 5.85. The highest BCUT2D eigenvalue weighted by atomic mass is 16.5.